The number of anilines is 1. The first-order valence-electron chi connectivity index (χ1n) is 8.30. The van der Waals surface area contributed by atoms with Crippen LogP contribution < -0.4 is 9.64 Å². The molecule has 3 rings (SSSR count). The van der Waals surface area contributed by atoms with Crippen molar-refractivity contribution in [1.82, 2.24) is 4.90 Å². The van der Waals surface area contributed by atoms with Crippen LogP contribution >= 0.6 is 0 Å². The molecule has 0 radical (unpaired) electrons. The standard InChI is InChI=1S/C20H22N2O3/c1-14-4-6-16(7-5-14)22-11-10-21(13-19(22)23)20(24)18-9-8-17(25-3)12-15(18)2/h4-9,12H,10-11,13H2,1-3H3. The van der Waals surface area contributed by atoms with E-state index in [0.29, 0.717) is 24.4 Å². The minimum absolute atomic E-state index is 0.0605. The summed E-state index contributed by atoms with van der Waals surface area (Å²) in [6.45, 7) is 5.00. The van der Waals surface area contributed by atoms with Crippen LogP contribution in [0.1, 0.15) is 21.5 Å². The molecule has 0 aromatic heterocycles. The largest absolute Gasteiger partial charge is 0.497 e. The summed E-state index contributed by atoms with van der Waals surface area (Å²) in [7, 11) is 1.60. The summed E-state index contributed by atoms with van der Waals surface area (Å²) in [5, 5.41) is 0. The minimum Gasteiger partial charge on any atom is -0.497 e. The predicted molar refractivity (Wildman–Crippen MR) is 97.2 cm³/mol. The number of carbonyl (C=O) groups is 2. The van der Waals surface area contributed by atoms with Crippen molar-refractivity contribution >= 4 is 17.5 Å². The number of hydrogen-bond donors (Lipinski definition) is 0. The highest BCUT2D eigenvalue weighted by molar-refractivity contribution is 6.02. The Morgan fingerprint density at radius 1 is 1.04 bits per heavy atom. The molecule has 0 atom stereocenters. The van der Waals surface area contributed by atoms with Crippen LogP contribution in [0.5, 0.6) is 5.75 Å². The van der Waals surface area contributed by atoms with E-state index in [9.17, 15) is 9.59 Å². The fourth-order valence-corrected chi connectivity index (χ4v) is 3.02. The zero-order chi connectivity index (χ0) is 18.0. The Morgan fingerprint density at radius 3 is 2.36 bits per heavy atom. The first-order valence-corrected chi connectivity index (χ1v) is 8.30. The third-order valence-electron chi connectivity index (χ3n) is 4.52. The van der Waals surface area contributed by atoms with Crippen molar-refractivity contribution in [2.45, 2.75) is 13.8 Å². The maximum Gasteiger partial charge on any atom is 0.254 e. The van der Waals surface area contributed by atoms with Gasteiger partial charge in [0.1, 0.15) is 12.3 Å². The van der Waals surface area contributed by atoms with Crippen molar-refractivity contribution in [2.24, 2.45) is 0 Å². The third kappa shape index (κ3) is 3.50. The molecule has 0 unspecified atom stereocenters. The number of piperazine rings is 1. The third-order valence-corrected chi connectivity index (χ3v) is 4.52. The molecule has 2 aromatic rings. The molecule has 0 spiro atoms. The molecule has 1 saturated heterocycles. The van der Waals surface area contributed by atoms with E-state index in [1.165, 1.54) is 0 Å². The number of methoxy groups -OCH3 is 1. The zero-order valence-corrected chi connectivity index (χ0v) is 14.8. The number of aryl methyl sites for hydroxylation is 2. The molecule has 2 aromatic carbocycles. The van der Waals surface area contributed by atoms with Gasteiger partial charge in [-0.25, -0.2) is 0 Å². The molecule has 0 saturated carbocycles. The molecule has 0 aliphatic carbocycles. The maximum atomic E-state index is 12.8. The van der Waals surface area contributed by atoms with Crippen LogP contribution in [-0.2, 0) is 4.79 Å². The average molecular weight is 338 g/mol. The molecular formula is C20H22N2O3. The normalized spacial score (nSPS) is 14.6. The van der Waals surface area contributed by atoms with Gasteiger partial charge in [0.25, 0.3) is 5.91 Å². The molecular weight excluding hydrogens is 316 g/mol. The second-order valence-electron chi connectivity index (χ2n) is 6.29. The Kier molecular flexibility index (Phi) is 4.74. The van der Waals surface area contributed by atoms with E-state index in [1.807, 2.05) is 44.2 Å². The first-order chi connectivity index (χ1) is 12.0. The zero-order valence-electron chi connectivity index (χ0n) is 14.8. The Bertz CT molecular complexity index is 799. The summed E-state index contributed by atoms with van der Waals surface area (Å²) >= 11 is 0. The summed E-state index contributed by atoms with van der Waals surface area (Å²) in [6.07, 6.45) is 0. The molecule has 25 heavy (non-hydrogen) atoms. The highest BCUT2D eigenvalue weighted by Crippen LogP contribution is 2.21. The van der Waals surface area contributed by atoms with Crippen molar-refractivity contribution in [2.75, 3.05) is 31.6 Å². The smallest absolute Gasteiger partial charge is 0.254 e. The Labute approximate surface area is 147 Å². The molecule has 1 fully saturated rings. The first kappa shape index (κ1) is 17.0. The lowest BCUT2D eigenvalue weighted by molar-refractivity contribution is -0.120. The molecule has 5 heteroatoms. The van der Waals surface area contributed by atoms with Gasteiger partial charge in [0.05, 0.1) is 7.11 Å². The molecule has 1 heterocycles. The van der Waals surface area contributed by atoms with Gasteiger partial charge in [-0.3, -0.25) is 9.59 Å². The van der Waals surface area contributed by atoms with Crippen molar-refractivity contribution < 1.29 is 14.3 Å². The second kappa shape index (κ2) is 6.97. The molecule has 2 amide bonds. The van der Waals surface area contributed by atoms with Crippen molar-refractivity contribution in [3.63, 3.8) is 0 Å². The minimum atomic E-state index is -0.114. The molecule has 0 bridgehead atoms. The van der Waals surface area contributed by atoms with E-state index in [1.54, 1.807) is 29.0 Å². The second-order valence-corrected chi connectivity index (χ2v) is 6.29. The van der Waals surface area contributed by atoms with Crippen LogP contribution in [0, 0.1) is 13.8 Å². The van der Waals surface area contributed by atoms with Crippen LogP contribution in [0.25, 0.3) is 0 Å². The van der Waals surface area contributed by atoms with E-state index >= 15 is 0 Å². The Morgan fingerprint density at radius 2 is 1.76 bits per heavy atom. The molecule has 5 nitrogen and oxygen atoms in total. The Hall–Kier alpha value is -2.82. The average Bonchev–Trinajstić information content (AvgIpc) is 2.62. The highest BCUT2D eigenvalue weighted by Gasteiger charge is 2.29. The van der Waals surface area contributed by atoms with Gasteiger partial charge in [-0.2, -0.15) is 0 Å². The van der Waals surface area contributed by atoms with E-state index in [-0.39, 0.29) is 18.4 Å². The number of hydrogen-bond acceptors (Lipinski definition) is 3. The summed E-state index contributed by atoms with van der Waals surface area (Å²) in [4.78, 5) is 28.6. The van der Waals surface area contributed by atoms with Gasteiger partial charge in [-0.05, 0) is 49.7 Å². The Balaban J connectivity index is 1.73. The van der Waals surface area contributed by atoms with Crippen molar-refractivity contribution in [3.05, 3.63) is 59.2 Å². The number of ether oxygens (including phenoxy) is 1. The number of carbonyl (C=O) groups excluding carboxylic acids is 2. The van der Waals surface area contributed by atoms with Gasteiger partial charge in [0, 0.05) is 24.3 Å². The van der Waals surface area contributed by atoms with Gasteiger partial charge in [-0.1, -0.05) is 17.7 Å². The number of amides is 2. The summed E-state index contributed by atoms with van der Waals surface area (Å²) in [6, 6.07) is 13.2. The highest BCUT2D eigenvalue weighted by atomic mass is 16.5. The monoisotopic (exact) mass is 338 g/mol. The van der Waals surface area contributed by atoms with Gasteiger partial charge in [0.15, 0.2) is 0 Å². The summed E-state index contributed by atoms with van der Waals surface area (Å²) in [5.41, 5.74) is 3.48. The van der Waals surface area contributed by atoms with Crippen molar-refractivity contribution in [3.8, 4) is 5.75 Å². The summed E-state index contributed by atoms with van der Waals surface area (Å²) in [5.74, 6) is 0.543. The number of benzene rings is 2. The number of nitrogens with zero attached hydrogens (tertiary/aromatic N) is 2. The summed E-state index contributed by atoms with van der Waals surface area (Å²) < 4.78 is 5.18. The van der Waals surface area contributed by atoms with Crippen LogP contribution in [0.3, 0.4) is 0 Å². The lowest BCUT2D eigenvalue weighted by Crippen LogP contribution is -2.52. The number of rotatable bonds is 3. The fourth-order valence-electron chi connectivity index (χ4n) is 3.02. The lowest BCUT2D eigenvalue weighted by atomic mass is 10.1. The SMILES string of the molecule is COc1ccc(C(=O)N2CCN(c3ccc(C)cc3)C(=O)C2)c(C)c1. The fraction of sp³-hybridized carbons (Fsp3) is 0.300. The van der Waals surface area contributed by atoms with Crippen LogP contribution in [0.4, 0.5) is 5.69 Å². The van der Waals surface area contributed by atoms with Crippen LogP contribution in [0.2, 0.25) is 0 Å². The van der Waals surface area contributed by atoms with Gasteiger partial charge in [0.2, 0.25) is 5.91 Å². The van der Waals surface area contributed by atoms with E-state index < -0.39 is 0 Å². The maximum absolute atomic E-state index is 12.8. The van der Waals surface area contributed by atoms with Gasteiger partial charge >= 0.3 is 0 Å². The molecule has 0 N–H and O–H groups in total. The quantitative estimate of drug-likeness (QED) is 0.865. The van der Waals surface area contributed by atoms with E-state index in [0.717, 1.165) is 16.8 Å². The van der Waals surface area contributed by atoms with Gasteiger partial charge in [-0.15, -0.1) is 0 Å². The van der Waals surface area contributed by atoms with Crippen LogP contribution in [-0.4, -0.2) is 43.5 Å². The predicted octanol–water partition coefficient (Wildman–Crippen LogP) is 2.80. The lowest BCUT2D eigenvalue weighted by Gasteiger charge is -2.34. The molecule has 1 aliphatic heterocycles. The van der Waals surface area contributed by atoms with E-state index in [4.69, 9.17) is 4.74 Å². The molecule has 130 valence electrons. The molecule has 1 aliphatic rings. The van der Waals surface area contributed by atoms with Crippen molar-refractivity contribution in [1.29, 1.82) is 0 Å². The van der Waals surface area contributed by atoms with Gasteiger partial charge < -0.3 is 14.5 Å². The topological polar surface area (TPSA) is 49.9 Å². The van der Waals surface area contributed by atoms with Crippen LogP contribution in [0.15, 0.2) is 42.5 Å². The van der Waals surface area contributed by atoms with E-state index in [2.05, 4.69) is 0 Å².